The summed E-state index contributed by atoms with van der Waals surface area (Å²) in [4.78, 5) is 15.7. The van der Waals surface area contributed by atoms with Crippen molar-refractivity contribution in [2.75, 3.05) is 19.8 Å². The van der Waals surface area contributed by atoms with Crippen LogP contribution < -0.4 is 5.32 Å². The first-order valence-corrected chi connectivity index (χ1v) is 7.91. The molecule has 1 aromatic rings. The highest BCUT2D eigenvalue weighted by Gasteiger charge is 2.40. The summed E-state index contributed by atoms with van der Waals surface area (Å²) in [5, 5.41) is 3.06. The van der Waals surface area contributed by atoms with Crippen molar-refractivity contribution < 1.29 is 4.79 Å². The van der Waals surface area contributed by atoms with Crippen LogP contribution >= 0.6 is 11.8 Å². The number of nitrogens with zero attached hydrogens (tertiary/aromatic N) is 1. The molecule has 3 nitrogen and oxygen atoms in total. The molecular formula is C15H22N2OS. The molecule has 0 bridgehead atoms. The highest BCUT2D eigenvalue weighted by atomic mass is 32.2. The molecule has 1 atom stereocenters. The van der Waals surface area contributed by atoms with E-state index in [1.807, 2.05) is 14.0 Å². The molecule has 1 saturated heterocycles. The van der Waals surface area contributed by atoms with E-state index in [-0.39, 0.29) is 11.4 Å². The number of likely N-dealkylation sites (N-methyl/N-ethyl adjacent to an activating group) is 1. The van der Waals surface area contributed by atoms with Crippen molar-refractivity contribution >= 4 is 17.7 Å². The van der Waals surface area contributed by atoms with Crippen LogP contribution in [0, 0.1) is 0 Å². The second-order valence-electron chi connectivity index (χ2n) is 5.33. The van der Waals surface area contributed by atoms with Gasteiger partial charge in [-0.1, -0.05) is 12.1 Å². The van der Waals surface area contributed by atoms with Crippen LogP contribution in [0.1, 0.15) is 25.3 Å². The first-order chi connectivity index (χ1) is 9.06. The lowest BCUT2D eigenvalue weighted by atomic mass is 9.98. The standard InChI is InChI=1S/C15H22N2OS/c1-15(9-4-10-17(15)2)14(18)16-11-12-5-7-13(19-3)8-6-12/h5-8H,4,9-11H2,1-3H3,(H,16,18). The van der Waals surface area contributed by atoms with Gasteiger partial charge in [-0.25, -0.2) is 0 Å². The van der Waals surface area contributed by atoms with E-state index in [9.17, 15) is 4.79 Å². The first kappa shape index (κ1) is 14.4. The maximum atomic E-state index is 12.3. The van der Waals surface area contributed by atoms with Crippen LogP contribution in [0.5, 0.6) is 0 Å². The van der Waals surface area contributed by atoms with Crippen LogP contribution in [0.25, 0.3) is 0 Å². The third kappa shape index (κ3) is 3.12. The van der Waals surface area contributed by atoms with Gasteiger partial charge >= 0.3 is 0 Å². The zero-order chi connectivity index (χ0) is 13.9. The topological polar surface area (TPSA) is 32.3 Å². The molecule has 0 radical (unpaired) electrons. The molecule has 0 saturated carbocycles. The quantitative estimate of drug-likeness (QED) is 0.859. The number of carbonyl (C=O) groups excluding carboxylic acids is 1. The van der Waals surface area contributed by atoms with Gasteiger partial charge in [0.25, 0.3) is 0 Å². The van der Waals surface area contributed by atoms with E-state index in [1.165, 1.54) is 4.90 Å². The largest absolute Gasteiger partial charge is 0.350 e. The molecule has 1 aromatic carbocycles. The van der Waals surface area contributed by atoms with Crippen LogP contribution in [0.15, 0.2) is 29.2 Å². The molecule has 0 aromatic heterocycles. The van der Waals surface area contributed by atoms with E-state index < -0.39 is 0 Å². The molecule has 0 spiro atoms. The summed E-state index contributed by atoms with van der Waals surface area (Å²) in [5.74, 6) is 0.140. The van der Waals surface area contributed by atoms with E-state index in [1.54, 1.807) is 11.8 Å². The number of likely N-dealkylation sites (tertiary alicyclic amines) is 1. The van der Waals surface area contributed by atoms with Crippen molar-refractivity contribution in [3.8, 4) is 0 Å². The molecule has 1 unspecified atom stereocenters. The van der Waals surface area contributed by atoms with Crippen molar-refractivity contribution in [2.24, 2.45) is 0 Å². The smallest absolute Gasteiger partial charge is 0.240 e. The van der Waals surface area contributed by atoms with Gasteiger partial charge in [0.05, 0.1) is 5.54 Å². The molecule has 4 heteroatoms. The van der Waals surface area contributed by atoms with Gasteiger partial charge in [-0.2, -0.15) is 0 Å². The Morgan fingerprint density at radius 3 is 2.63 bits per heavy atom. The average Bonchev–Trinajstić information content (AvgIpc) is 2.78. The Bertz CT molecular complexity index is 446. The molecule has 0 aliphatic carbocycles. The zero-order valence-electron chi connectivity index (χ0n) is 11.9. The molecule has 1 heterocycles. The highest BCUT2D eigenvalue weighted by molar-refractivity contribution is 7.98. The summed E-state index contributed by atoms with van der Waals surface area (Å²) in [7, 11) is 2.03. The van der Waals surface area contributed by atoms with Gasteiger partial charge in [-0.3, -0.25) is 9.69 Å². The van der Waals surface area contributed by atoms with Crippen LogP contribution in [-0.4, -0.2) is 36.2 Å². The fraction of sp³-hybridized carbons (Fsp3) is 0.533. The van der Waals surface area contributed by atoms with Crippen molar-refractivity contribution in [3.05, 3.63) is 29.8 Å². The summed E-state index contributed by atoms with van der Waals surface area (Å²) in [6.07, 6.45) is 4.11. The predicted octanol–water partition coefficient (Wildman–Crippen LogP) is 2.51. The van der Waals surface area contributed by atoms with E-state index >= 15 is 0 Å². The number of amides is 1. The Kier molecular flexibility index (Phi) is 4.53. The van der Waals surface area contributed by atoms with Crippen molar-refractivity contribution in [1.82, 2.24) is 10.2 Å². The fourth-order valence-corrected chi connectivity index (χ4v) is 2.91. The van der Waals surface area contributed by atoms with Crippen LogP contribution in [-0.2, 0) is 11.3 Å². The Balaban J connectivity index is 1.92. The van der Waals surface area contributed by atoms with Gasteiger partial charge in [-0.05, 0) is 57.3 Å². The van der Waals surface area contributed by atoms with Gasteiger partial charge in [-0.15, -0.1) is 11.8 Å². The van der Waals surface area contributed by atoms with Gasteiger partial charge in [0.2, 0.25) is 5.91 Å². The summed E-state index contributed by atoms with van der Waals surface area (Å²) >= 11 is 1.73. The highest BCUT2D eigenvalue weighted by Crippen LogP contribution is 2.27. The molecule has 2 rings (SSSR count). The number of carbonyl (C=O) groups is 1. The minimum Gasteiger partial charge on any atom is -0.350 e. The number of benzene rings is 1. The third-order valence-corrected chi connectivity index (χ3v) is 4.84. The van der Waals surface area contributed by atoms with Crippen LogP contribution in [0.2, 0.25) is 0 Å². The summed E-state index contributed by atoms with van der Waals surface area (Å²) < 4.78 is 0. The summed E-state index contributed by atoms with van der Waals surface area (Å²) in [6, 6.07) is 8.34. The molecule has 1 N–H and O–H groups in total. The normalized spacial score (nSPS) is 23.5. The van der Waals surface area contributed by atoms with E-state index in [4.69, 9.17) is 0 Å². The zero-order valence-corrected chi connectivity index (χ0v) is 12.7. The molecular weight excluding hydrogens is 256 g/mol. The van der Waals surface area contributed by atoms with Crippen molar-refractivity contribution in [2.45, 2.75) is 36.7 Å². The van der Waals surface area contributed by atoms with Gasteiger partial charge in [0, 0.05) is 11.4 Å². The molecule has 19 heavy (non-hydrogen) atoms. The van der Waals surface area contributed by atoms with E-state index in [2.05, 4.69) is 40.7 Å². The summed E-state index contributed by atoms with van der Waals surface area (Å²) in [5.41, 5.74) is 0.814. The van der Waals surface area contributed by atoms with Gasteiger partial charge in [0.1, 0.15) is 0 Å². The number of nitrogens with one attached hydrogen (secondary N) is 1. The molecule has 104 valence electrons. The van der Waals surface area contributed by atoms with E-state index in [0.29, 0.717) is 6.54 Å². The Labute approximate surface area is 119 Å². The molecule has 1 amide bonds. The fourth-order valence-electron chi connectivity index (χ4n) is 2.50. The predicted molar refractivity (Wildman–Crippen MR) is 80.3 cm³/mol. The number of hydrogen-bond acceptors (Lipinski definition) is 3. The second-order valence-corrected chi connectivity index (χ2v) is 6.21. The van der Waals surface area contributed by atoms with Crippen LogP contribution in [0.4, 0.5) is 0 Å². The minimum absolute atomic E-state index is 0.140. The Morgan fingerprint density at radius 2 is 2.11 bits per heavy atom. The lowest BCUT2D eigenvalue weighted by Crippen LogP contribution is -2.51. The summed E-state index contributed by atoms with van der Waals surface area (Å²) in [6.45, 7) is 3.65. The lowest BCUT2D eigenvalue weighted by molar-refractivity contribution is -0.130. The van der Waals surface area contributed by atoms with E-state index in [0.717, 1.165) is 24.9 Å². The first-order valence-electron chi connectivity index (χ1n) is 6.69. The third-order valence-electron chi connectivity index (χ3n) is 4.10. The Morgan fingerprint density at radius 1 is 1.42 bits per heavy atom. The van der Waals surface area contributed by atoms with Crippen molar-refractivity contribution in [3.63, 3.8) is 0 Å². The number of thioether (sulfide) groups is 1. The minimum atomic E-state index is -0.334. The number of hydrogen-bond donors (Lipinski definition) is 1. The second kappa shape index (κ2) is 5.97. The average molecular weight is 278 g/mol. The van der Waals surface area contributed by atoms with Crippen molar-refractivity contribution in [1.29, 1.82) is 0 Å². The van der Waals surface area contributed by atoms with Crippen LogP contribution in [0.3, 0.4) is 0 Å². The SMILES string of the molecule is CSc1ccc(CNC(=O)C2(C)CCCN2C)cc1. The van der Waals surface area contributed by atoms with Gasteiger partial charge in [0.15, 0.2) is 0 Å². The maximum absolute atomic E-state index is 12.3. The molecule has 1 aliphatic rings. The lowest BCUT2D eigenvalue weighted by Gasteiger charge is -2.30. The Hall–Kier alpha value is -1.00. The molecule has 1 fully saturated rings. The van der Waals surface area contributed by atoms with Gasteiger partial charge < -0.3 is 5.32 Å². The monoisotopic (exact) mass is 278 g/mol. The molecule has 1 aliphatic heterocycles. The number of rotatable bonds is 4. The maximum Gasteiger partial charge on any atom is 0.240 e.